The molecule has 1 unspecified atom stereocenters. The van der Waals surface area contributed by atoms with Crippen molar-refractivity contribution >= 4 is 27.5 Å². The third-order valence-electron chi connectivity index (χ3n) is 7.00. The number of hydrogen-bond acceptors (Lipinski definition) is 5. The number of rotatable bonds is 13. The van der Waals surface area contributed by atoms with Gasteiger partial charge in [0.1, 0.15) is 18.3 Å². The Kier molecular flexibility index (Phi) is 10.6. The van der Waals surface area contributed by atoms with E-state index >= 15 is 0 Å². The fraction of sp³-hybridized carbons (Fsp3) is 0.235. The number of carbonyl (C=O) groups excluding carboxylic acids is 2. The molecule has 0 bridgehead atoms. The minimum atomic E-state index is -4.15. The molecule has 8 nitrogen and oxygen atoms in total. The van der Waals surface area contributed by atoms with Gasteiger partial charge in [-0.3, -0.25) is 13.9 Å². The summed E-state index contributed by atoms with van der Waals surface area (Å²) in [5.41, 5.74) is 3.01. The van der Waals surface area contributed by atoms with Gasteiger partial charge in [0.2, 0.25) is 11.8 Å². The molecule has 0 fully saturated rings. The van der Waals surface area contributed by atoms with E-state index in [1.54, 1.807) is 42.5 Å². The van der Waals surface area contributed by atoms with Gasteiger partial charge in [-0.15, -0.1) is 0 Å². The Hall–Kier alpha value is -4.63. The van der Waals surface area contributed by atoms with Gasteiger partial charge in [-0.1, -0.05) is 78.4 Å². The van der Waals surface area contributed by atoms with Crippen LogP contribution in [-0.2, 0) is 32.6 Å². The van der Waals surface area contributed by atoms with Crippen LogP contribution in [0, 0.1) is 6.92 Å². The van der Waals surface area contributed by atoms with Gasteiger partial charge >= 0.3 is 0 Å². The highest BCUT2D eigenvalue weighted by Gasteiger charge is 2.34. The topological polar surface area (TPSA) is 96.0 Å². The first-order valence-corrected chi connectivity index (χ1v) is 15.6. The number of aryl methyl sites for hydroxylation is 1. The van der Waals surface area contributed by atoms with E-state index in [0.29, 0.717) is 18.0 Å². The van der Waals surface area contributed by atoms with Crippen LogP contribution in [0.4, 0.5) is 5.69 Å². The van der Waals surface area contributed by atoms with Gasteiger partial charge in [0.15, 0.2) is 0 Å². The lowest BCUT2D eigenvalue weighted by Crippen LogP contribution is -2.53. The van der Waals surface area contributed by atoms with Crippen LogP contribution in [0.5, 0.6) is 5.75 Å². The predicted octanol–water partition coefficient (Wildman–Crippen LogP) is 4.98. The molecule has 9 heteroatoms. The number of carbonyl (C=O) groups is 2. The standard InChI is InChI=1S/C34H37N3O5S/c1-4-42-30-20-18-29(19-21-30)37(43(40,41)31-16-9-6-10-17-31)25-33(38)36(24-28-15-11-12-26(2)22-28)32(34(39)35-3)23-27-13-7-5-8-14-27/h5-22,32H,4,23-25H2,1-3H3,(H,35,39). The monoisotopic (exact) mass is 599 g/mol. The molecule has 4 aromatic carbocycles. The summed E-state index contributed by atoms with van der Waals surface area (Å²) in [6, 6.07) is 30.8. The predicted molar refractivity (Wildman–Crippen MR) is 168 cm³/mol. The molecule has 0 aliphatic carbocycles. The Morgan fingerprint density at radius 2 is 1.47 bits per heavy atom. The number of hydrogen-bond donors (Lipinski definition) is 1. The van der Waals surface area contributed by atoms with E-state index in [1.165, 1.54) is 24.1 Å². The van der Waals surface area contributed by atoms with E-state index in [0.717, 1.165) is 21.0 Å². The van der Waals surface area contributed by atoms with Gasteiger partial charge in [0.25, 0.3) is 10.0 Å². The van der Waals surface area contributed by atoms with E-state index in [-0.39, 0.29) is 23.8 Å². The summed E-state index contributed by atoms with van der Waals surface area (Å²) >= 11 is 0. The van der Waals surface area contributed by atoms with Crippen LogP contribution >= 0.6 is 0 Å². The van der Waals surface area contributed by atoms with Crippen molar-refractivity contribution in [2.75, 3.05) is 24.5 Å². The molecular formula is C34H37N3O5S. The SMILES string of the molecule is CCOc1ccc(N(CC(=O)N(Cc2cccc(C)c2)C(Cc2ccccc2)C(=O)NC)S(=O)(=O)c2ccccc2)cc1. The minimum absolute atomic E-state index is 0.0501. The molecule has 0 aromatic heterocycles. The molecule has 0 heterocycles. The van der Waals surface area contributed by atoms with Crippen molar-refractivity contribution in [1.29, 1.82) is 0 Å². The van der Waals surface area contributed by atoms with Crippen molar-refractivity contribution in [1.82, 2.24) is 10.2 Å². The van der Waals surface area contributed by atoms with E-state index < -0.39 is 28.5 Å². The van der Waals surface area contributed by atoms with E-state index in [9.17, 15) is 18.0 Å². The smallest absolute Gasteiger partial charge is 0.264 e. The van der Waals surface area contributed by atoms with Crippen molar-refractivity contribution in [3.05, 3.63) is 126 Å². The summed E-state index contributed by atoms with van der Waals surface area (Å²) in [5.74, 6) is -0.277. The first-order chi connectivity index (χ1) is 20.7. The highest BCUT2D eigenvalue weighted by Crippen LogP contribution is 2.27. The molecule has 0 aliphatic heterocycles. The van der Waals surface area contributed by atoms with Crippen molar-refractivity contribution in [3.63, 3.8) is 0 Å². The fourth-order valence-corrected chi connectivity index (χ4v) is 6.29. The zero-order valence-corrected chi connectivity index (χ0v) is 25.5. The van der Waals surface area contributed by atoms with Crippen molar-refractivity contribution in [3.8, 4) is 5.75 Å². The Morgan fingerprint density at radius 1 is 0.837 bits per heavy atom. The fourth-order valence-electron chi connectivity index (χ4n) is 4.85. The largest absolute Gasteiger partial charge is 0.494 e. The number of nitrogens with zero attached hydrogens (tertiary/aromatic N) is 2. The highest BCUT2D eigenvalue weighted by atomic mass is 32.2. The second-order valence-corrected chi connectivity index (χ2v) is 11.9. The quantitative estimate of drug-likeness (QED) is 0.234. The van der Waals surface area contributed by atoms with Crippen LogP contribution in [0.3, 0.4) is 0 Å². The third-order valence-corrected chi connectivity index (χ3v) is 8.79. The molecule has 4 rings (SSSR count). The number of ether oxygens (including phenoxy) is 1. The zero-order valence-electron chi connectivity index (χ0n) is 24.6. The molecule has 0 spiro atoms. The lowest BCUT2D eigenvalue weighted by Gasteiger charge is -2.33. The van der Waals surface area contributed by atoms with Crippen molar-refractivity contribution in [2.45, 2.75) is 37.8 Å². The minimum Gasteiger partial charge on any atom is -0.494 e. The van der Waals surface area contributed by atoms with Gasteiger partial charge in [0.05, 0.1) is 17.2 Å². The molecule has 1 N–H and O–H groups in total. The molecule has 4 aromatic rings. The van der Waals surface area contributed by atoms with Gasteiger partial charge in [-0.05, 0) is 61.4 Å². The number of amides is 2. The first kappa shape index (κ1) is 31.3. The maximum Gasteiger partial charge on any atom is 0.264 e. The maximum absolute atomic E-state index is 14.3. The Labute approximate surface area is 254 Å². The number of anilines is 1. The van der Waals surface area contributed by atoms with Crippen LogP contribution in [0.2, 0.25) is 0 Å². The van der Waals surface area contributed by atoms with Crippen LogP contribution in [0.15, 0.2) is 114 Å². The van der Waals surface area contributed by atoms with Crippen LogP contribution in [0.1, 0.15) is 23.6 Å². The van der Waals surface area contributed by atoms with Gasteiger partial charge in [-0.2, -0.15) is 0 Å². The van der Waals surface area contributed by atoms with Crippen molar-refractivity contribution < 1.29 is 22.7 Å². The summed E-state index contributed by atoms with van der Waals surface area (Å²) in [6.45, 7) is 3.88. The summed E-state index contributed by atoms with van der Waals surface area (Å²) in [5, 5.41) is 2.70. The summed E-state index contributed by atoms with van der Waals surface area (Å²) < 4.78 is 34.6. The van der Waals surface area contributed by atoms with E-state index in [1.807, 2.05) is 68.4 Å². The molecule has 2 amide bonds. The molecule has 1 atom stereocenters. The highest BCUT2D eigenvalue weighted by molar-refractivity contribution is 7.92. The molecule has 0 saturated heterocycles. The zero-order chi connectivity index (χ0) is 30.8. The molecule has 0 saturated carbocycles. The van der Waals surface area contributed by atoms with E-state index in [2.05, 4.69) is 5.32 Å². The maximum atomic E-state index is 14.3. The van der Waals surface area contributed by atoms with Crippen molar-refractivity contribution in [2.24, 2.45) is 0 Å². The number of nitrogens with one attached hydrogen (secondary N) is 1. The molecule has 224 valence electrons. The van der Waals surface area contributed by atoms with Gasteiger partial charge in [0, 0.05) is 20.0 Å². The van der Waals surface area contributed by atoms with Crippen LogP contribution in [0.25, 0.3) is 0 Å². The van der Waals surface area contributed by atoms with Gasteiger partial charge in [-0.25, -0.2) is 8.42 Å². The normalized spacial score (nSPS) is 11.8. The average Bonchev–Trinajstić information content (AvgIpc) is 3.02. The number of benzene rings is 4. The molecule has 43 heavy (non-hydrogen) atoms. The van der Waals surface area contributed by atoms with Crippen LogP contribution in [-0.4, -0.2) is 51.4 Å². The number of likely N-dealkylation sites (N-methyl/N-ethyl adjacent to an activating group) is 1. The summed E-state index contributed by atoms with van der Waals surface area (Å²) in [4.78, 5) is 29.2. The Balaban J connectivity index is 1.77. The first-order valence-electron chi connectivity index (χ1n) is 14.1. The average molecular weight is 600 g/mol. The van der Waals surface area contributed by atoms with E-state index in [4.69, 9.17) is 4.74 Å². The van der Waals surface area contributed by atoms with Gasteiger partial charge < -0.3 is 15.0 Å². The summed E-state index contributed by atoms with van der Waals surface area (Å²) in [7, 11) is -2.62. The second-order valence-electron chi connectivity index (χ2n) is 10.1. The third kappa shape index (κ3) is 8.02. The molecule has 0 aliphatic rings. The summed E-state index contributed by atoms with van der Waals surface area (Å²) in [6.07, 6.45) is 0.257. The Bertz CT molecular complexity index is 1610. The number of sulfonamides is 1. The lowest BCUT2D eigenvalue weighted by molar-refractivity contribution is -0.139. The molecule has 0 radical (unpaired) electrons. The Morgan fingerprint density at radius 3 is 2.07 bits per heavy atom. The van der Waals surface area contributed by atoms with Crippen LogP contribution < -0.4 is 14.4 Å². The lowest BCUT2D eigenvalue weighted by atomic mass is 10.0. The second kappa shape index (κ2) is 14.5. The molecular weight excluding hydrogens is 562 g/mol.